The van der Waals surface area contributed by atoms with Crippen LogP contribution in [0.2, 0.25) is 0 Å². The number of hydrogen-bond acceptors (Lipinski definition) is 3. The molecule has 1 aliphatic carbocycles. The van der Waals surface area contributed by atoms with E-state index in [1.807, 2.05) is 0 Å². The highest BCUT2D eigenvalue weighted by Crippen LogP contribution is 2.36. The first-order valence-electron chi connectivity index (χ1n) is 5.10. The lowest BCUT2D eigenvalue weighted by molar-refractivity contribution is 0.384. The van der Waals surface area contributed by atoms with E-state index < -0.39 is 5.82 Å². The molecule has 0 spiro atoms. The molecule has 0 saturated heterocycles. The lowest BCUT2D eigenvalue weighted by Gasteiger charge is -2.08. The number of pyridine rings is 1. The second kappa shape index (κ2) is 3.77. The van der Waals surface area contributed by atoms with Gasteiger partial charge in [0.25, 0.3) is 0 Å². The first-order valence-corrected chi connectivity index (χ1v) is 5.10. The molecule has 0 aromatic carbocycles. The fourth-order valence-electron chi connectivity index (χ4n) is 1.54. The van der Waals surface area contributed by atoms with E-state index in [1.54, 1.807) is 6.07 Å². The van der Waals surface area contributed by atoms with Crippen molar-refractivity contribution in [3.05, 3.63) is 23.8 Å². The maximum absolute atomic E-state index is 13.0. The first-order chi connectivity index (χ1) is 7.13. The van der Waals surface area contributed by atoms with Gasteiger partial charge in [-0.3, -0.25) is 4.98 Å². The molecule has 1 heterocycles. The van der Waals surface area contributed by atoms with Gasteiger partial charge >= 0.3 is 0 Å². The van der Waals surface area contributed by atoms with Gasteiger partial charge in [0.2, 0.25) is 0 Å². The van der Waals surface area contributed by atoms with Crippen LogP contribution >= 0.6 is 0 Å². The van der Waals surface area contributed by atoms with E-state index in [0.29, 0.717) is 0 Å². The van der Waals surface area contributed by atoms with Crippen LogP contribution in [0, 0.1) is 5.82 Å². The fraction of sp³-hybridized carbons (Fsp3) is 0.545. The molecular formula is C11H15FN2O. The van der Waals surface area contributed by atoms with Crippen molar-refractivity contribution in [2.24, 2.45) is 5.73 Å². The zero-order chi connectivity index (χ0) is 10.9. The zero-order valence-electron chi connectivity index (χ0n) is 8.79. The van der Waals surface area contributed by atoms with Crippen LogP contribution < -0.4 is 10.5 Å². The average Bonchev–Trinajstić information content (AvgIpc) is 2.96. The Kier molecular flexibility index (Phi) is 2.61. The molecule has 0 atom stereocenters. The molecule has 0 unspecified atom stereocenters. The van der Waals surface area contributed by atoms with E-state index in [1.165, 1.54) is 13.3 Å². The molecule has 0 aliphatic heterocycles. The summed E-state index contributed by atoms with van der Waals surface area (Å²) in [5, 5.41) is 0. The Hall–Kier alpha value is -1.16. The van der Waals surface area contributed by atoms with E-state index in [0.717, 1.165) is 31.4 Å². The van der Waals surface area contributed by atoms with Gasteiger partial charge in [0.05, 0.1) is 13.3 Å². The van der Waals surface area contributed by atoms with Gasteiger partial charge in [0.15, 0.2) is 11.6 Å². The lowest BCUT2D eigenvalue weighted by Crippen LogP contribution is -2.22. The number of aryl methyl sites for hydroxylation is 1. The average molecular weight is 210 g/mol. The highest BCUT2D eigenvalue weighted by Gasteiger charge is 2.37. The minimum Gasteiger partial charge on any atom is -0.494 e. The number of ether oxygens (including phenoxy) is 1. The van der Waals surface area contributed by atoms with E-state index in [-0.39, 0.29) is 11.3 Å². The van der Waals surface area contributed by atoms with Crippen molar-refractivity contribution in [3.63, 3.8) is 0 Å². The zero-order valence-corrected chi connectivity index (χ0v) is 8.79. The molecule has 2 N–H and O–H groups in total. The van der Waals surface area contributed by atoms with Crippen molar-refractivity contribution in [3.8, 4) is 5.75 Å². The van der Waals surface area contributed by atoms with Crippen LogP contribution in [0.1, 0.15) is 25.0 Å². The van der Waals surface area contributed by atoms with Crippen molar-refractivity contribution in [1.82, 2.24) is 4.98 Å². The van der Waals surface area contributed by atoms with Gasteiger partial charge in [-0.25, -0.2) is 4.39 Å². The Morgan fingerprint density at radius 2 is 2.33 bits per heavy atom. The van der Waals surface area contributed by atoms with Crippen LogP contribution in [-0.2, 0) is 6.42 Å². The fourth-order valence-corrected chi connectivity index (χ4v) is 1.54. The molecule has 2 rings (SSSR count). The summed E-state index contributed by atoms with van der Waals surface area (Å²) in [6.45, 7) is 0. The second-order valence-electron chi connectivity index (χ2n) is 4.17. The van der Waals surface area contributed by atoms with Gasteiger partial charge < -0.3 is 10.5 Å². The van der Waals surface area contributed by atoms with Gasteiger partial charge in [-0.05, 0) is 25.7 Å². The van der Waals surface area contributed by atoms with Crippen LogP contribution in [0.25, 0.3) is 0 Å². The van der Waals surface area contributed by atoms with Gasteiger partial charge in [-0.1, -0.05) is 0 Å². The molecule has 0 radical (unpaired) electrons. The van der Waals surface area contributed by atoms with Crippen molar-refractivity contribution in [1.29, 1.82) is 0 Å². The largest absolute Gasteiger partial charge is 0.494 e. The van der Waals surface area contributed by atoms with Crippen molar-refractivity contribution >= 4 is 0 Å². The highest BCUT2D eigenvalue weighted by molar-refractivity contribution is 5.25. The molecule has 0 bridgehead atoms. The molecule has 1 fully saturated rings. The number of halogens is 1. The minimum absolute atomic E-state index is 0.0172. The third kappa shape index (κ3) is 2.45. The monoisotopic (exact) mass is 210 g/mol. The maximum atomic E-state index is 13.0. The van der Waals surface area contributed by atoms with E-state index >= 15 is 0 Å². The van der Waals surface area contributed by atoms with Gasteiger partial charge in [-0.2, -0.15) is 0 Å². The van der Waals surface area contributed by atoms with Crippen LogP contribution in [-0.4, -0.2) is 17.6 Å². The second-order valence-corrected chi connectivity index (χ2v) is 4.17. The number of methoxy groups -OCH3 is 1. The molecule has 82 valence electrons. The summed E-state index contributed by atoms with van der Waals surface area (Å²) >= 11 is 0. The maximum Gasteiger partial charge on any atom is 0.183 e. The number of hydrogen-bond donors (Lipinski definition) is 1. The van der Waals surface area contributed by atoms with Crippen LogP contribution in [0.3, 0.4) is 0 Å². The summed E-state index contributed by atoms with van der Waals surface area (Å²) in [5.41, 5.74) is 6.82. The smallest absolute Gasteiger partial charge is 0.183 e. The molecule has 1 saturated carbocycles. The number of aromatic nitrogens is 1. The molecule has 1 aliphatic rings. The molecule has 4 heteroatoms. The van der Waals surface area contributed by atoms with E-state index in [4.69, 9.17) is 10.5 Å². The summed E-state index contributed by atoms with van der Waals surface area (Å²) in [6, 6.07) is 1.64. The van der Waals surface area contributed by atoms with E-state index in [9.17, 15) is 4.39 Å². The normalized spacial score (nSPS) is 17.5. The summed E-state index contributed by atoms with van der Waals surface area (Å²) in [5.74, 6) is -0.169. The Morgan fingerprint density at radius 1 is 1.60 bits per heavy atom. The standard InChI is InChI=1S/C11H15FN2O/c1-15-10-6-8(14-7-9(10)12)2-3-11(13)4-5-11/h6-7H,2-5,13H2,1H3. The number of nitrogens with two attached hydrogens (primary N) is 1. The van der Waals surface area contributed by atoms with Crippen molar-refractivity contribution < 1.29 is 9.13 Å². The predicted molar refractivity (Wildman–Crippen MR) is 55.2 cm³/mol. The summed E-state index contributed by atoms with van der Waals surface area (Å²) in [4.78, 5) is 4.01. The van der Waals surface area contributed by atoms with Gasteiger partial charge in [0, 0.05) is 17.3 Å². The van der Waals surface area contributed by atoms with Gasteiger partial charge in [-0.15, -0.1) is 0 Å². The lowest BCUT2D eigenvalue weighted by atomic mass is 10.1. The Balaban J connectivity index is 2.01. The van der Waals surface area contributed by atoms with E-state index in [2.05, 4.69) is 4.98 Å². The molecule has 0 amide bonds. The quantitative estimate of drug-likeness (QED) is 0.822. The summed E-state index contributed by atoms with van der Waals surface area (Å²) < 4.78 is 17.9. The van der Waals surface area contributed by atoms with Crippen molar-refractivity contribution in [2.75, 3.05) is 7.11 Å². The molecule has 1 aromatic heterocycles. The summed E-state index contributed by atoms with van der Waals surface area (Å²) in [6.07, 6.45) is 5.07. The first kappa shape index (κ1) is 10.4. The van der Waals surface area contributed by atoms with Crippen LogP contribution in [0.4, 0.5) is 4.39 Å². The van der Waals surface area contributed by atoms with Crippen LogP contribution in [0.5, 0.6) is 5.75 Å². The van der Waals surface area contributed by atoms with Crippen LogP contribution in [0.15, 0.2) is 12.3 Å². The Bertz CT molecular complexity index is 364. The number of rotatable bonds is 4. The number of nitrogens with zero attached hydrogens (tertiary/aromatic N) is 1. The van der Waals surface area contributed by atoms with Crippen molar-refractivity contribution in [2.45, 2.75) is 31.2 Å². The third-order valence-electron chi connectivity index (χ3n) is 2.87. The molecule has 1 aromatic rings. The highest BCUT2D eigenvalue weighted by atomic mass is 19.1. The SMILES string of the molecule is COc1cc(CCC2(N)CC2)ncc1F. The topological polar surface area (TPSA) is 48.1 Å². The molecule has 15 heavy (non-hydrogen) atoms. The molecule has 3 nitrogen and oxygen atoms in total. The third-order valence-corrected chi connectivity index (χ3v) is 2.87. The molecular weight excluding hydrogens is 195 g/mol. The Morgan fingerprint density at radius 3 is 2.93 bits per heavy atom. The predicted octanol–water partition coefficient (Wildman–Crippen LogP) is 1.65. The van der Waals surface area contributed by atoms with Gasteiger partial charge in [0.1, 0.15) is 0 Å². The minimum atomic E-state index is -0.421. The Labute approximate surface area is 88.5 Å². The summed E-state index contributed by atoms with van der Waals surface area (Å²) in [7, 11) is 1.45.